The third kappa shape index (κ3) is 7.84. The van der Waals surface area contributed by atoms with Crippen LogP contribution in [0.1, 0.15) is 56.6 Å². The molecule has 1 saturated carbocycles. The lowest BCUT2D eigenvalue weighted by Gasteiger charge is -2.25. The zero-order valence-corrected chi connectivity index (χ0v) is 17.0. The van der Waals surface area contributed by atoms with Crippen LogP contribution in [0.4, 0.5) is 9.18 Å². The molecule has 156 valence electrons. The van der Waals surface area contributed by atoms with Crippen LogP contribution in [0.3, 0.4) is 0 Å². The van der Waals surface area contributed by atoms with E-state index in [0.29, 0.717) is 25.9 Å². The molecule has 2 rings (SSSR count). The molecule has 1 aromatic carbocycles. The van der Waals surface area contributed by atoms with Gasteiger partial charge in [-0.3, -0.25) is 4.79 Å². The Morgan fingerprint density at radius 1 is 1.18 bits per heavy atom. The number of nitrogens with zero attached hydrogens (tertiary/aromatic N) is 1. The first-order chi connectivity index (χ1) is 13.5. The summed E-state index contributed by atoms with van der Waals surface area (Å²) < 4.78 is 13.5. The lowest BCUT2D eigenvalue weighted by Crippen LogP contribution is -2.43. The molecular formula is C21H33FN4O2. The summed E-state index contributed by atoms with van der Waals surface area (Å²) >= 11 is 0. The third-order valence-corrected chi connectivity index (χ3v) is 5.16. The molecule has 1 aliphatic carbocycles. The van der Waals surface area contributed by atoms with Crippen LogP contribution in [0.5, 0.6) is 0 Å². The molecule has 1 aliphatic rings. The van der Waals surface area contributed by atoms with Gasteiger partial charge in [-0.2, -0.15) is 0 Å². The zero-order chi connectivity index (χ0) is 20.4. The van der Waals surface area contributed by atoms with Crippen molar-refractivity contribution in [1.29, 1.82) is 0 Å². The Bertz CT molecular complexity index is 633. The minimum Gasteiger partial charge on any atom is -0.354 e. The van der Waals surface area contributed by atoms with Crippen molar-refractivity contribution >= 4 is 11.9 Å². The maximum Gasteiger partial charge on any atom is 0.315 e. The average molecular weight is 393 g/mol. The van der Waals surface area contributed by atoms with Crippen molar-refractivity contribution in [1.82, 2.24) is 20.9 Å². The second-order valence-corrected chi connectivity index (χ2v) is 7.68. The smallest absolute Gasteiger partial charge is 0.315 e. The van der Waals surface area contributed by atoms with Gasteiger partial charge in [0, 0.05) is 25.6 Å². The van der Waals surface area contributed by atoms with Gasteiger partial charge in [0.2, 0.25) is 5.91 Å². The SMILES string of the molecule is CN(C)C(CNC(=O)CCCNC(=O)NC1CCCCC1)c1cccc(F)c1. The topological polar surface area (TPSA) is 73.5 Å². The second kappa shape index (κ2) is 11.6. The fraction of sp³-hybridized carbons (Fsp3) is 0.619. The van der Waals surface area contributed by atoms with Gasteiger partial charge in [-0.05, 0) is 51.1 Å². The molecule has 0 bridgehead atoms. The fourth-order valence-electron chi connectivity index (χ4n) is 3.55. The number of hydrogen-bond donors (Lipinski definition) is 3. The minimum atomic E-state index is -0.284. The molecule has 3 amide bonds. The van der Waals surface area contributed by atoms with Crippen LogP contribution >= 0.6 is 0 Å². The Balaban J connectivity index is 1.64. The van der Waals surface area contributed by atoms with Crippen LogP contribution in [0.25, 0.3) is 0 Å². The Morgan fingerprint density at radius 2 is 1.93 bits per heavy atom. The van der Waals surface area contributed by atoms with Gasteiger partial charge in [0.15, 0.2) is 0 Å². The molecule has 3 N–H and O–H groups in total. The number of carbonyl (C=O) groups is 2. The fourth-order valence-corrected chi connectivity index (χ4v) is 3.55. The summed E-state index contributed by atoms with van der Waals surface area (Å²) in [5.41, 5.74) is 0.825. The summed E-state index contributed by atoms with van der Waals surface area (Å²) in [6.45, 7) is 0.873. The predicted molar refractivity (Wildman–Crippen MR) is 108 cm³/mol. The first-order valence-electron chi connectivity index (χ1n) is 10.2. The molecule has 6 nitrogen and oxygen atoms in total. The monoisotopic (exact) mass is 392 g/mol. The van der Waals surface area contributed by atoms with Crippen molar-refractivity contribution in [2.24, 2.45) is 0 Å². The molecule has 7 heteroatoms. The summed E-state index contributed by atoms with van der Waals surface area (Å²) in [7, 11) is 3.80. The van der Waals surface area contributed by atoms with Gasteiger partial charge in [-0.25, -0.2) is 9.18 Å². The van der Waals surface area contributed by atoms with Gasteiger partial charge in [0.05, 0.1) is 6.04 Å². The van der Waals surface area contributed by atoms with E-state index in [-0.39, 0.29) is 29.8 Å². The van der Waals surface area contributed by atoms with Crippen LogP contribution in [-0.4, -0.2) is 50.1 Å². The van der Waals surface area contributed by atoms with Crippen LogP contribution in [0.2, 0.25) is 0 Å². The number of likely N-dealkylation sites (N-methyl/N-ethyl adjacent to an activating group) is 1. The molecule has 1 fully saturated rings. The van der Waals surface area contributed by atoms with Crippen LogP contribution in [-0.2, 0) is 4.79 Å². The van der Waals surface area contributed by atoms with Crippen molar-refractivity contribution in [2.45, 2.75) is 57.0 Å². The highest BCUT2D eigenvalue weighted by atomic mass is 19.1. The Labute approximate surface area is 167 Å². The summed E-state index contributed by atoms with van der Waals surface area (Å²) in [6.07, 6.45) is 6.62. The van der Waals surface area contributed by atoms with Gasteiger partial charge in [-0.15, -0.1) is 0 Å². The van der Waals surface area contributed by atoms with E-state index in [9.17, 15) is 14.0 Å². The van der Waals surface area contributed by atoms with Crippen LogP contribution in [0.15, 0.2) is 24.3 Å². The largest absolute Gasteiger partial charge is 0.354 e. The number of nitrogens with one attached hydrogen (secondary N) is 3. The first-order valence-corrected chi connectivity index (χ1v) is 10.2. The highest BCUT2D eigenvalue weighted by molar-refractivity contribution is 5.76. The van der Waals surface area contributed by atoms with Gasteiger partial charge in [0.25, 0.3) is 0 Å². The zero-order valence-electron chi connectivity index (χ0n) is 17.0. The van der Waals surface area contributed by atoms with E-state index in [2.05, 4.69) is 16.0 Å². The Kier molecular flexibility index (Phi) is 9.20. The molecule has 0 saturated heterocycles. The number of hydrogen-bond acceptors (Lipinski definition) is 3. The number of halogens is 1. The van der Waals surface area contributed by atoms with Crippen LogP contribution < -0.4 is 16.0 Å². The number of amides is 3. The number of rotatable bonds is 9. The standard InChI is InChI=1S/C21H33FN4O2/c1-26(2)19(16-8-6-9-17(22)14-16)15-24-20(27)12-7-13-23-21(28)25-18-10-4-3-5-11-18/h6,8-9,14,18-19H,3-5,7,10-13,15H2,1-2H3,(H,24,27)(H2,23,25,28). The number of urea groups is 1. The second-order valence-electron chi connectivity index (χ2n) is 7.68. The third-order valence-electron chi connectivity index (χ3n) is 5.16. The molecule has 28 heavy (non-hydrogen) atoms. The Morgan fingerprint density at radius 3 is 2.61 bits per heavy atom. The van der Waals surface area contributed by atoms with E-state index in [0.717, 1.165) is 18.4 Å². The maximum absolute atomic E-state index is 13.5. The maximum atomic E-state index is 13.5. The van der Waals surface area contributed by atoms with E-state index in [1.54, 1.807) is 6.07 Å². The summed E-state index contributed by atoms with van der Waals surface area (Å²) in [5.74, 6) is -0.356. The lowest BCUT2D eigenvalue weighted by molar-refractivity contribution is -0.121. The van der Waals surface area contributed by atoms with Gasteiger partial charge >= 0.3 is 6.03 Å². The molecule has 0 aliphatic heterocycles. The van der Waals surface area contributed by atoms with E-state index in [1.807, 2.05) is 25.1 Å². The lowest BCUT2D eigenvalue weighted by atomic mass is 9.96. The molecule has 0 radical (unpaired) electrons. The molecule has 1 atom stereocenters. The molecule has 0 spiro atoms. The van der Waals surface area contributed by atoms with Crippen molar-refractivity contribution in [2.75, 3.05) is 27.2 Å². The van der Waals surface area contributed by atoms with Crippen molar-refractivity contribution < 1.29 is 14.0 Å². The highest BCUT2D eigenvalue weighted by Crippen LogP contribution is 2.18. The molecular weight excluding hydrogens is 359 g/mol. The summed E-state index contributed by atoms with van der Waals surface area (Å²) in [4.78, 5) is 25.9. The van der Waals surface area contributed by atoms with E-state index in [1.165, 1.54) is 31.4 Å². The highest BCUT2D eigenvalue weighted by Gasteiger charge is 2.17. The van der Waals surface area contributed by atoms with Crippen LogP contribution in [0, 0.1) is 5.82 Å². The van der Waals surface area contributed by atoms with Crippen molar-refractivity contribution in [3.8, 4) is 0 Å². The average Bonchev–Trinajstić information content (AvgIpc) is 2.66. The van der Waals surface area contributed by atoms with Gasteiger partial charge < -0.3 is 20.9 Å². The number of carbonyl (C=O) groups excluding carboxylic acids is 2. The molecule has 0 heterocycles. The van der Waals surface area contributed by atoms with E-state index >= 15 is 0 Å². The summed E-state index contributed by atoms with van der Waals surface area (Å²) in [5, 5.41) is 8.72. The van der Waals surface area contributed by atoms with E-state index in [4.69, 9.17) is 0 Å². The first kappa shape index (κ1) is 22.1. The predicted octanol–water partition coefficient (Wildman–Crippen LogP) is 2.96. The van der Waals surface area contributed by atoms with Crippen molar-refractivity contribution in [3.63, 3.8) is 0 Å². The Hall–Kier alpha value is -2.15. The molecule has 0 aromatic heterocycles. The minimum absolute atomic E-state index is 0.0715. The quantitative estimate of drug-likeness (QED) is 0.566. The summed E-state index contributed by atoms with van der Waals surface area (Å²) in [6, 6.07) is 6.47. The normalized spacial score (nSPS) is 15.9. The van der Waals surface area contributed by atoms with Crippen molar-refractivity contribution in [3.05, 3.63) is 35.6 Å². The number of benzene rings is 1. The van der Waals surface area contributed by atoms with Gasteiger partial charge in [0.1, 0.15) is 5.82 Å². The molecule has 1 unspecified atom stereocenters. The molecule has 1 aromatic rings. The van der Waals surface area contributed by atoms with E-state index < -0.39 is 0 Å². The van der Waals surface area contributed by atoms with Gasteiger partial charge in [-0.1, -0.05) is 31.4 Å².